The van der Waals surface area contributed by atoms with Crippen molar-refractivity contribution in [2.75, 3.05) is 50.8 Å². The summed E-state index contributed by atoms with van der Waals surface area (Å²) in [6.07, 6.45) is 4.42. The van der Waals surface area contributed by atoms with Crippen LogP contribution in [0.15, 0.2) is 18.3 Å². The van der Waals surface area contributed by atoms with Gasteiger partial charge in [-0.1, -0.05) is 47.6 Å². The lowest BCUT2D eigenvalue weighted by molar-refractivity contribution is 0.0939. The summed E-state index contributed by atoms with van der Waals surface area (Å²) in [5.41, 5.74) is 1.87. The molecule has 0 aromatic carbocycles. The molecule has 0 saturated carbocycles. The lowest BCUT2D eigenvalue weighted by atomic mass is 9.88. The first-order valence-electron chi connectivity index (χ1n) is 10.2. The second kappa shape index (κ2) is 9.18. The van der Waals surface area contributed by atoms with Crippen LogP contribution in [0.25, 0.3) is 0 Å². The molecule has 148 valence electrons. The third-order valence-corrected chi connectivity index (χ3v) is 5.08. The highest BCUT2D eigenvalue weighted by atomic mass is 16.5. The van der Waals surface area contributed by atoms with E-state index in [4.69, 9.17) is 9.72 Å². The predicted octanol–water partition coefficient (Wildman–Crippen LogP) is 4.34. The highest BCUT2D eigenvalue weighted by Gasteiger charge is 2.19. The highest BCUT2D eigenvalue weighted by molar-refractivity contribution is 5.41. The Bertz CT molecular complexity index is 520. The molecule has 1 aromatic rings. The third kappa shape index (κ3) is 7.24. The second-order valence-electron chi connectivity index (χ2n) is 9.76. The number of pyridine rings is 1. The first-order chi connectivity index (χ1) is 12.1. The van der Waals surface area contributed by atoms with Crippen molar-refractivity contribution in [1.82, 2.24) is 9.88 Å². The average Bonchev–Trinajstić information content (AvgIpc) is 2.57. The van der Waals surface area contributed by atoms with Gasteiger partial charge in [0, 0.05) is 45.5 Å². The van der Waals surface area contributed by atoms with Crippen molar-refractivity contribution in [3.05, 3.63) is 23.9 Å². The molecular weight excluding hydrogens is 322 g/mol. The van der Waals surface area contributed by atoms with Crippen LogP contribution in [0.5, 0.6) is 0 Å². The largest absolute Gasteiger partial charge is 0.380 e. The Balaban J connectivity index is 1.64. The van der Waals surface area contributed by atoms with Gasteiger partial charge in [-0.15, -0.1) is 0 Å². The maximum Gasteiger partial charge on any atom is 0.128 e. The number of rotatable bonds is 7. The summed E-state index contributed by atoms with van der Waals surface area (Å²) in [4.78, 5) is 9.59. The van der Waals surface area contributed by atoms with E-state index >= 15 is 0 Å². The summed E-state index contributed by atoms with van der Waals surface area (Å²) in [7, 11) is 0. The minimum absolute atomic E-state index is 0.164. The Kier molecular flexibility index (Phi) is 7.48. The second-order valence-corrected chi connectivity index (χ2v) is 9.76. The SMILES string of the molecule is CC(C)(C)CCCOCCN1CCN(c2ccc(C(C)(C)C)cn2)CC1. The zero-order chi connectivity index (χ0) is 19.2. The number of hydrogen-bond donors (Lipinski definition) is 0. The minimum Gasteiger partial charge on any atom is -0.380 e. The lowest BCUT2D eigenvalue weighted by Gasteiger charge is -2.35. The van der Waals surface area contributed by atoms with Gasteiger partial charge in [-0.25, -0.2) is 4.98 Å². The molecule has 2 heterocycles. The van der Waals surface area contributed by atoms with E-state index in [1.54, 1.807) is 0 Å². The van der Waals surface area contributed by atoms with Crippen LogP contribution in [0, 0.1) is 5.41 Å². The maximum atomic E-state index is 5.82. The number of aromatic nitrogens is 1. The molecule has 1 fully saturated rings. The number of hydrogen-bond acceptors (Lipinski definition) is 4. The number of anilines is 1. The molecule has 1 saturated heterocycles. The fourth-order valence-corrected chi connectivity index (χ4v) is 3.22. The minimum atomic E-state index is 0.164. The van der Waals surface area contributed by atoms with E-state index in [1.165, 1.54) is 12.0 Å². The molecule has 1 aliphatic heterocycles. The van der Waals surface area contributed by atoms with Crippen LogP contribution in [0.2, 0.25) is 0 Å². The Morgan fingerprint density at radius 2 is 1.65 bits per heavy atom. The predicted molar refractivity (Wildman–Crippen MR) is 111 cm³/mol. The van der Waals surface area contributed by atoms with Crippen LogP contribution in [0.4, 0.5) is 5.82 Å². The molecule has 0 N–H and O–H groups in total. The molecule has 0 spiro atoms. The van der Waals surface area contributed by atoms with E-state index in [-0.39, 0.29) is 5.41 Å². The van der Waals surface area contributed by atoms with Crippen molar-refractivity contribution >= 4 is 5.82 Å². The standard InChI is InChI=1S/C22H39N3O/c1-21(2,3)10-7-16-26-17-15-24-11-13-25(14-12-24)20-9-8-19(18-23-20)22(4,5)6/h8-9,18H,7,10-17H2,1-6H3. The van der Waals surface area contributed by atoms with E-state index in [0.717, 1.165) is 58.2 Å². The Morgan fingerprint density at radius 3 is 2.19 bits per heavy atom. The van der Waals surface area contributed by atoms with Crippen LogP contribution >= 0.6 is 0 Å². The topological polar surface area (TPSA) is 28.6 Å². The van der Waals surface area contributed by atoms with Gasteiger partial charge in [-0.3, -0.25) is 4.90 Å². The molecule has 0 atom stereocenters. The van der Waals surface area contributed by atoms with Crippen LogP contribution in [0.3, 0.4) is 0 Å². The normalized spacial score (nSPS) is 16.9. The van der Waals surface area contributed by atoms with E-state index in [1.807, 2.05) is 6.20 Å². The monoisotopic (exact) mass is 361 g/mol. The van der Waals surface area contributed by atoms with Crippen LogP contribution in [-0.4, -0.2) is 55.8 Å². The van der Waals surface area contributed by atoms with Crippen molar-refractivity contribution in [3.63, 3.8) is 0 Å². The number of ether oxygens (including phenoxy) is 1. The molecule has 1 aromatic heterocycles. The van der Waals surface area contributed by atoms with Gasteiger partial charge in [-0.05, 0) is 35.3 Å². The van der Waals surface area contributed by atoms with Gasteiger partial charge in [0.2, 0.25) is 0 Å². The average molecular weight is 362 g/mol. The van der Waals surface area contributed by atoms with Crippen LogP contribution in [0.1, 0.15) is 59.9 Å². The van der Waals surface area contributed by atoms with Gasteiger partial charge >= 0.3 is 0 Å². The van der Waals surface area contributed by atoms with Gasteiger partial charge in [0.25, 0.3) is 0 Å². The zero-order valence-electron chi connectivity index (χ0n) is 17.8. The molecule has 2 rings (SSSR count). The molecular formula is C22H39N3O. The Labute approximate surface area is 160 Å². The van der Waals surface area contributed by atoms with Crippen molar-refractivity contribution in [1.29, 1.82) is 0 Å². The highest BCUT2D eigenvalue weighted by Crippen LogP contribution is 2.23. The van der Waals surface area contributed by atoms with Crippen molar-refractivity contribution in [2.45, 2.75) is 59.8 Å². The van der Waals surface area contributed by atoms with Crippen LogP contribution < -0.4 is 4.90 Å². The van der Waals surface area contributed by atoms with Crippen molar-refractivity contribution < 1.29 is 4.74 Å². The first-order valence-corrected chi connectivity index (χ1v) is 10.2. The molecule has 0 aliphatic carbocycles. The van der Waals surface area contributed by atoms with Crippen LogP contribution in [-0.2, 0) is 10.2 Å². The van der Waals surface area contributed by atoms with Crippen molar-refractivity contribution in [3.8, 4) is 0 Å². The fourth-order valence-electron chi connectivity index (χ4n) is 3.22. The third-order valence-electron chi connectivity index (χ3n) is 5.08. The quantitative estimate of drug-likeness (QED) is 0.675. The van der Waals surface area contributed by atoms with Crippen molar-refractivity contribution in [2.24, 2.45) is 5.41 Å². The number of nitrogens with zero attached hydrogens (tertiary/aromatic N) is 3. The van der Waals surface area contributed by atoms with Gasteiger partial charge in [0.1, 0.15) is 5.82 Å². The summed E-state index contributed by atoms with van der Waals surface area (Å²) in [6.45, 7) is 20.6. The number of piperazine rings is 1. The van der Waals surface area contributed by atoms with Gasteiger partial charge in [-0.2, -0.15) is 0 Å². The van der Waals surface area contributed by atoms with E-state index in [2.05, 4.69) is 63.5 Å². The Morgan fingerprint density at radius 1 is 0.962 bits per heavy atom. The molecule has 4 heteroatoms. The molecule has 4 nitrogen and oxygen atoms in total. The molecule has 1 aliphatic rings. The van der Waals surface area contributed by atoms with Gasteiger partial charge in [0.05, 0.1) is 6.61 Å². The molecule has 0 bridgehead atoms. The first kappa shape index (κ1) is 21.2. The van der Waals surface area contributed by atoms with Gasteiger partial charge in [0.15, 0.2) is 0 Å². The molecule has 0 unspecified atom stereocenters. The summed E-state index contributed by atoms with van der Waals surface area (Å²) in [5, 5.41) is 0. The lowest BCUT2D eigenvalue weighted by Crippen LogP contribution is -2.47. The Hall–Kier alpha value is -1.13. The maximum absolute atomic E-state index is 5.82. The smallest absolute Gasteiger partial charge is 0.128 e. The van der Waals surface area contributed by atoms with E-state index in [9.17, 15) is 0 Å². The molecule has 26 heavy (non-hydrogen) atoms. The summed E-state index contributed by atoms with van der Waals surface area (Å²) in [6, 6.07) is 4.40. The van der Waals surface area contributed by atoms with Gasteiger partial charge < -0.3 is 9.64 Å². The fraction of sp³-hybridized carbons (Fsp3) is 0.773. The molecule has 0 radical (unpaired) electrons. The summed E-state index contributed by atoms with van der Waals surface area (Å²) < 4.78 is 5.82. The van der Waals surface area contributed by atoms with E-state index < -0.39 is 0 Å². The van der Waals surface area contributed by atoms with E-state index in [0.29, 0.717) is 5.41 Å². The summed E-state index contributed by atoms with van der Waals surface area (Å²) >= 11 is 0. The summed E-state index contributed by atoms with van der Waals surface area (Å²) in [5.74, 6) is 1.11. The zero-order valence-corrected chi connectivity index (χ0v) is 17.8. The molecule has 0 amide bonds.